The number of carbonyl (C=O) groups is 1. The van der Waals surface area contributed by atoms with E-state index in [0.29, 0.717) is 18.1 Å². The molecule has 0 aromatic carbocycles. The maximum atomic E-state index is 10.9. The maximum Gasteiger partial charge on any atom is 0.339 e. The molecule has 0 amide bonds. The fourth-order valence-electron chi connectivity index (χ4n) is 2.56. The Kier molecular flexibility index (Phi) is 4.46. The summed E-state index contributed by atoms with van der Waals surface area (Å²) < 4.78 is 5.46. The summed E-state index contributed by atoms with van der Waals surface area (Å²) in [4.78, 5) is 10.9. The van der Waals surface area contributed by atoms with E-state index in [4.69, 9.17) is 9.52 Å². The Morgan fingerprint density at radius 3 is 2.32 bits per heavy atom. The number of rotatable bonds is 5. The van der Waals surface area contributed by atoms with E-state index in [2.05, 4.69) is 39.9 Å². The molecule has 0 bridgehead atoms. The molecular formula is C15H25NO3. The van der Waals surface area contributed by atoms with Crippen molar-refractivity contribution in [3.63, 3.8) is 0 Å². The number of aromatic carboxylic acids is 1. The summed E-state index contributed by atoms with van der Waals surface area (Å²) in [5, 5.41) is 12.4. The first-order chi connectivity index (χ1) is 8.50. The summed E-state index contributed by atoms with van der Waals surface area (Å²) >= 11 is 0. The third-order valence-corrected chi connectivity index (χ3v) is 2.91. The van der Waals surface area contributed by atoms with Gasteiger partial charge in [-0.25, -0.2) is 4.79 Å². The molecule has 0 spiro atoms. The van der Waals surface area contributed by atoms with Gasteiger partial charge in [0.25, 0.3) is 0 Å². The van der Waals surface area contributed by atoms with Gasteiger partial charge >= 0.3 is 5.97 Å². The molecular weight excluding hydrogens is 242 g/mol. The lowest BCUT2D eigenvalue weighted by Gasteiger charge is -2.33. The first-order valence-electron chi connectivity index (χ1n) is 6.58. The topological polar surface area (TPSA) is 62.5 Å². The minimum atomic E-state index is -0.943. The molecule has 1 heterocycles. The molecule has 1 rings (SSSR count). The second kappa shape index (κ2) is 5.37. The lowest BCUT2D eigenvalue weighted by molar-refractivity contribution is 0.0695. The number of carboxylic acids is 1. The quantitative estimate of drug-likeness (QED) is 0.855. The lowest BCUT2D eigenvalue weighted by atomic mass is 9.82. The molecule has 0 saturated carbocycles. The van der Waals surface area contributed by atoms with Crippen LogP contribution < -0.4 is 5.32 Å². The molecule has 0 fully saturated rings. The van der Waals surface area contributed by atoms with Crippen molar-refractivity contribution in [3.05, 3.63) is 23.2 Å². The van der Waals surface area contributed by atoms with E-state index in [9.17, 15) is 4.79 Å². The van der Waals surface area contributed by atoms with Crippen LogP contribution in [-0.2, 0) is 6.54 Å². The summed E-state index contributed by atoms with van der Waals surface area (Å²) in [6, 6.07) is 1.60. The molecule has 0 radical (unpaired) electrons. The summed E-state index contributed by atoms with van der Waals surface area (Å²) in [6.45, 7) is 13.1. The Bertz CT molecular complexity index is 452. The molecule has 4 nitrogen and oxygen atoms in total. The van der Waals surface area contributed by atoms with Crippen LogP contribution in [0.25, 0.3) is 0 Å². The van der Waals surface area contributed by atoms with Crippen LogP contribution >= 0.6 is 0 Å². The van der Waals surface area contributed by atoms with Crippen LogP contribution in [0, 0.1) is 12.3 Å². The SMILES string of the molecule is Cc1oc(CNC(C)(C)CC(C)(C)C)cc1C(=O)O. The van der Waals surface area contributed by atoms with Gasteiger partial charge in [0.05, 0.1) is 6.54 Å². The maximum absolute atomic E-state index is 10.9. The second-order valence-electron chi connectivity index (χ2n) is 6.96. The normalized spacial score (nSPS) is 12.7. The minimum Gasteiger partial charge on any atom is -0.478 e. The third kappa shape index (κ3) is 5.07. The second-order valence-corrected chi connectivity index (χ2v) is 6.96. The monoisotopic (exact) mass is 267 g/mol. The van der Waals surface area contributed by atoms with Crippen molar-refractivity contribution in [2.45, 2.75) is 60.0 Å². The van der Waals surface area contributed by atoms with Crippen molar-refractivity contribution in [3.8, 4) is 0 Å². The Hall–Kier alpha value is -1.29. The van der Waals surface area contributed by atoms with Gasteiger partial charge in [-0.05, 0) is 38.7 Å². The van der Waals surface area contributed by atoms with Crippen LogP contribution in [0.5, 0.6) is 0 Å². The highest BCUT2D eigenvalue weighted by Gasteiger charge is 2.25. The van der Waals surface area contributed by atoms with Crippen molar-refractivity contribution in [2.24, 2.45) is 5.41 Å². The lowest BCUT2D eigenvalue weighted by Crippen LogP contribution is -2.41. The minimum absolute atomic E-state index is 0.0255. The van der Waals surface area contributed by atoms with Crippen LogP contribution in [0.4, 0.5) is 0 Å². The van der Waals surface area contributed by atoms with Crippen LogP contribution in [0.2, 0.25) is 0 Å². The zero-order valence-electron chi connectivity index (χ0n) is 12.8. The van der Waals surface area contributed by atoms with Crippen molar-refractivity contribution in [2.75, 3.05) is 0 Å². The van der Waals surface area contributed by atoms with Crippen molar-refractivity contribution >= 4 is 5.97 Å². The fourth-order valence-corrected chi connectivity index (χ4v) is 2.56. The van der Waals surface area contributed by atoms with E-state index < -0.39 is 5.97 Å². The van der Waals surface area contributed by atoms with E-state index in [0.717, 1.165) is 6.42 Å². The van der Waals surface area contributed by atoms with Gasteiger partial charge in [0, 0.05) is 5.54 Å². The summed E-state index contributed by atoms with van der Waals surface area (Å²) in [7, 11) is 0. The van der Waals surface area contributed by atoms with Gasteiger partial charge in [-0.15, -0.1) is 0 Å². The molecule has 0 unspecified atom stereocenters. The standard InChI is InChI=1S/C15H25NO3/c1-10-12(13(17)18)7-11(19-10)8-16-15(5,6)9-14(2,3)4/h7,16H,8-9H2,1-6H3,(H,17,18). The van der Waals surface area contributed by atoms with E-state index in [-0.39, 0.29) is 16.5 Å². The molecule has 0 atom stereocenters. The molecule has 0 aliphatic rings. The first kappa shape index (κ1) is 15.8. The highest BCUT2D eigenvalue weighted by molar-refractivity contribution is 5.88. The number of aryl methyl sites for hydroxylation is 1. The zero-order chi connectivity index (χ0) is 14.8. The van der Waals surface area contributed by atoms with Gasteiger partial charge < -0.3 is 14.8 Å². The van der Waals surface area contributed by atoms with Gasteiger partial charge in [0.2, 0.25) is 0 Å². The van der Waals surface area contributed by atoms with E-state index in [1.807, 2.05) is 0 Å². The number of hydrogen-bond acceptors (Lipinski definition) is 3. The smallest absolute Gasteiger partial charge is 0.339 e. The number of carboxylic acid groups (broad SMARTS) is 1. The highest BCUT2D eigenvalue weighted by Crippen LogP contribution is 2.27. The van der Waals surface area contributed by atoms with Gasteiger partial charge in [-0.2, -0.15) is 0 Å². The van der Waals surface area contributed by atoms with Gasteiger partial charge in [-0.1, -0.05) is 20.8 Å². The van der Waals surface area contributed by atoms with Crippen LogP contribution in [0.3, 0.4) is 0 Å². The summed E-state index contributed by atoms with van der Waals surface area (Å²) in [5.41, 5.74) is 0.454. The molecule has 1 aromatic heterocycles. The number of nitrogens with one attached hydrogen (secondary N) is 1. The molecule has 108 valence electrons. The molecule has 0 aliphatic heterocycles. The van der Waals surface area contributed by atoms with Crippen molar-refractivity contribution < 1.29 is 14.3 Å². The molecule has 2 N–H and O–H groups in total. The Balaban J connectivity index is 2.66. The van der Waals surface area contributed by atoms with E-state index in [1.165, 1.54) is 0 Å². The first-order valence-corrected chi connectivity index (χ1v) is 6.58. The number of hydrogen-bond donors (Lipinski definition) is 2. The van der Waals surface area contributed by atoms with Gasteiger partial charge in [-0.3, -0.25) is 0 Å². The predicted octanol–water partition coefficient (Wildman–Crippen LogP) is 3.59. The van der Waals surface area contributed by atoms with Crippen molar-refractivity contribution in [1.29, 1.82) is 0 Å². The third-order valence-electron chi connectivity index (χ3n) is 2.91. The largest absolute Gasteiger partial charge is 0.478 e. The van der Waals surface area contributed by atoms with E-state index >= 15 is 0 Å². The molecule has 4 heteroatoms. The summed E-state index contributed by atoms with van der Waals surface area (Å²) in [5.74, 6) is 0.177. The number of furan rings is 1. The van der Waals surface area contributed by atoms with Crippen LogP contribution in [-0.4, -0.2) is 16.6 Å². The Morgan fingerprint density at radius 2 is 1.89 bits per heavy atom. The highest BCUT2D eigenvalue weighted by atomic mass is 16.4. The van der Waals surface area contributed by atoms with E-state index in [1.54, 1.807) is 13.0 Å². The van der Waals surface area contributed by atoms with Crippen LogP contribution in [0.15, 0.2) is 10.5 Å². The van der Waals surface area contributed by atoms with Gasteiger partial charge in [0.15, 0.2) is 0 Å². The average Bonchev–Trinajstić information content (AvgIpc) is 2.53. The molecule has 0 aliphatic carbocycles. The summed E-state index contributed by atoms with van der Waals surface area (Å²) in [6.07, 6.45) is 1.02. The molecule has 0 saturated heterocycles. The fraction of sp³-hybridized carbons (Fsp3) is 0.667. The van der Waals surface area contributed by atoms with Crippen molar-refractivity contribution in [1.82, 2.24) is 5.32 Å². The predicted molar refractivity (Wildman–Crippen MR) is 75.4 cm³/mol. The average molecular weight is 267 g/mol. The Labute approximate surface area is 115 Å². The molecule has 1 aromatic rings. The van der Waals surface area contributed by atoms with Crippen LogP contribution in [0.1, 0.15) is 62.9 Å². The zero-order valence-corrected chi connectivity index (χ0v) is 12.8. The van der Waals surface area contributed by atoms with Gasteiger partial charge in [0.1, 0.15) is 17.1 Å². The molecule has 19 heavy (non-hydrogen) atoms. The Morgan fingerprint density at radius 1 is 1.32 bits per heavy atom.